The summed E-state index contributed by atoms with van der Waals surface area (Å²) in [5.74, 6) is -0.0214. The third-order valence-corrected chi connectivity index (χ3v) is 14.8. The van der Waals surface area contributed by atoms with Crippen molar-refractivity contribution in [3.8, 4) is 11.5 Å². The number of fused-ring (bicyclic) bond motifs is 4. The van der Waals surface area contributed by atoms with Crippen LogP contribution in [0, 0.1) is 12.7 Å². The molecule has 0 saturated heterocycles. The summed E-state index contributed by atoms with van der Waals surface area (Å²) in [5, 5.41) is 6.86. The standard InChI is InChI=1S/C27H18N2O5S2.C21H16FN3O4S/c30-27(21-14-18-12-13-28-16-22(18)33-21)29-15-17-8-10-19(11-9-17)36(31,32)25-7-3-6-24-26(25)34-20-4-1-2-5-23(20)35-24;1-13-17(22)6-7-20(25-13)30(27,28)16-4-2-14(3-5-16)11-24-21(26)18-10-15-8-9-23-12-19(15)29-18/h1-14,16H,15H2,(H,29,30);2-10,12H,11H2,1H3,(H,24,26). The molecule has 0 fully saturated rings. The summed E-state index contributed by atoms with van der Waals surface area (Å²) in [7, 11) is -7.71. The molecular weight excluding hydrogens is 906 g/mol. The number of carbonyl (C=O) groups is 2. The second-order valence-corrected chi connectivity index (χ2v) is 19.6. The molecule has 14 nitrogen and oxygen atoms in total. The first kappa shape index (κ1) is 43.6. The van der Waals surface area contributed by atoms with E-state index in [4.69, 9.17) is 13.6 Å². The predicted octanol–water partition coefficient (Wildman–Crippen LogP) is 9.28. The smallest absolute Gasteiger partial charge is 0.287 e. The zero-order valence-corrected chi connectivity index (χ0v) is 36.9. The van der Waals surface area contributed by atoms with Gasteiger partial charge < -0.3 is 24.2 Å². The van der Waals surface area contributed by atoms with E-state index in [2.05, 4.69) is 25.6 Å². The molecule has 0 saturated carbocycles. The zero-order valence-electron chi connectivity index (χ0n) is 34.5. The molecule has 0 bridgehead atoms. The number of pyridine rings is 3. The van der Waals surface area contributed by atoms with Crippen LogP contribution in [-0.4, -0.2) is 43.6 Å². The normalized spacial score (nSPS) is 12.0. The first-order valence-corrected chi connectivity index (χ1v) is 23.7. The highest BCUT2D eigenvalue weighted by molar-refractivity contribution is 7.99. The first-order chi connectivity index (χ1) is 31.8. The van der Waals surface area contributed by atoms with Crippen LogP contribution >= 0.6 is 11.8 Å². The molecule has 4 aromatic carbocycles. The molecule has 0 spiro atoms. The fourth-order valence-electron chi connectivity index (χ4n) is 6.76. The molecule has 6 heterocycles. The number of nitrogens with one attached hydrogen (secondary N) is 2. The lowest BCUT2D eigenvalue weighted by atomic mass is 10.2. The van der Waals surface area contributed by atoms with Gasteiger partial charge in [0.25, 0.3) is 11.8 Å². The summed E-state index contributed by atoms with van der Waals surface area (Å²) in [6, 6.07) is 34.1. The number of carbonyl (C=O) groups excluding carboxylic acids is 2. The number of para-hydroxylation sites is 2. The number of amides is 2. The van der Waals surface area contributed by atoms with E-state index >= 15 is 0 Å². The van der Waals surface area contributed by atoms with Crippen LogP contribution in [0.4, 0.5) is 4.39 Å². The number of hydrogen-bond donors (Lipinski definition) is 2. The Morgan fingerprint density at radius 1 is 0.636 bits per heavy atom. The van der Waals surface area contributed by atoms with E-state index in [0.717, 1.165) is 38.3 Å². The van der Waals surface area contributed by atoms with Crippen LogP contribution in [0.3, 0.4) is 0 Å². The average Bonchev–Trinajstić information content (AvgIpc) is 3.98. The second-order valence-electron chi connectivity index (χ2n) is 14.7. The molecule has 0 atom stereocenters. The Bertz CT molecular complexity index is 3480. The van der Waals surface area contributed by atoms with Crippen LogP contribution in [0.5, 0.6) is 11.5 Å². The lowest BCUT2D eigenvalue weighted by Crippen LogP contribution is -2.22. The van der Waals surface area contributed by atoms with Gasteiger partial charge in [-0.25, -0.2) is 26.2 Å². The van der Waals surface area contributed by atoms with Crippen molar-refractivity contribution in [2.45, 2.75) is 49.5 Å². The maximum atomic E-state index is 13.5. The van der Waals surface area contributed by atoms with Crippen LogP contribution in [0.2, 0.25) is 0 Å². The molecule has 0 radical (unpaired) electrons. The van der Waals surface area contributed by atoms with Crippen molar-refractivity contribution in [1.82, 2.24) is 25.6 Å². The highest BCUT2D eigenvalue weighted by atomic mass is 32.2. The lowest BCUT2D eigenvalue weighted by Gasteiger charge is -2.21. The van der Waals surface area contributed by atoms with E-state index in [1.54, 1.807) is 79.3 Å². The molecule has 5 aromatic heterocycles. The van der Waals surface area contributed by atoms with E-state index in [-0.39, 0.29) is 55.9 Å². The third kappa shape index (κ3) is 9.01. The summed E-state index contributed by atoms with van der Waals surface area (Å²) in [6.45, 7) is 1.80. The lowest BCUT2D eigenvalue weighted by molar-refractivity contribution is 0.0918. The Hall–Kier alpha value is -7.67. The van der Waals surface area contributed by atoms with Gasteiger partial charge >= 0.3 is 0 Å². The number of aryl methyl sites for hydroxylation is 1. The number of sulfone groups is 2. The Balaban J connectivity index is 0.000000169. The first-order valence-electron chi connectivity index (χ1n) is 20.0. The third-order valence-electron chi connectivity index (χ3n) is 10.3. The van der Waals surface area contributed by atoms with Crippen molar-refractivity contribution < 1.29 is 44.4 Å². The van der Waals surface area contributed by atoms with Gasteiger partial charge in [0.1, 0.15) is 16.5 Å². The van der Waals surface area contributed by atoms with Crippen molar-refractivity contribution in [2.24, 2.45) is 0 Å². The number of halogens is 1. The van der Waals surface area contributed by atoms with Crippen LogP contribution in [0.1, 0.15) is 37.9 Å². The van der Waals surface area contributed by atoms with E-state index in [9.17, 15) is 30.8 Å². The average molecular weight is 940 g/mol. The number of hydrogen-bond acceptors (Lipinski definition) is 13. The van der Waals surface area contributed by atoms with Gasteiger partial charge in [-0.15, -0.1) is 0 Å². The van der Waals surface area contributed by atoms with E-state index in [1.807, 2.05) is 30.3 Å². The maximum Gasteiger partial charge on any atom is 0.287 e. The number of aromatic nitrogens is 3. The monoisotopic (exact) mass is 939 g/mol. The van der Waals surface area contributed by atoms with Gasteiger partial charge in [-0.2, -0.15) is 0 Å². The number of nitrogens with zero attached hydrogens (tertiary/aromatic N) is 3. The molecule has 1 aliphatic heterocycles. The van der Waals surface area contributed by atoms with Crippen molar-refractivity contribution in [1.29, 1.82) is 0 Å². The van der Waals surface area contributed by atoms with Crippen LogP contribution < -0.4 is 15.4 Å². The Morgan fingerprint density at radius 2 is 1.18 bits per heavy atom. The van der Waals surface area contributed by atoms with Crippen molar-refractivity contribution in [3.63, 3.8) is 0 Å². The quantitative estimate of drug-likeness (QED) is 0.132. The van der Waals surface area contributed by atoms with Crippen molar-refractivity contribution >= 4 is 65.2 Å². The minimum Gasteiger partial charge on any atom is -0.454 e. The Morgan fingerprint density at radius 3 is 1.74 bits per heavy atom. The zero-order chi connectivity index (χ0) is 46.0. The molecule has 1 aliphatic rings. The molecule has 18 heteroatoms. The van der Waals surface area contributed by atoms with E-state index in [1.165, 1.54) is 49.1 Å². The van der Waals surface area contributed by atoms with Gasteiger partial charge in [-0.05, 0) is 103 Å². The summed E-state index contributed by atoms with van der Waals surface area (Å²) in [5.41, 5.74) is 2.50. The largest absolute Gasteiger partial charge is 0.454 e. The van der Waals surface area contributed by atoms with Crippen LogP contribution in [0.15, 0.2) is 191 Å². The Kier molecular flexibility index (Phi) is 11.9. The molecule has 2 N–H and O–H groups in total. The van der Waals surface area contributed by atoms with Gasteiger partial charge in [0.2, 0.25) is 19.7 Å². The highest BCUT2D eigenvalue weighted by Gasteiger charge is 2.28. The highest BCUT2D eigenvalue weighted by Crippen LogP contribution is 2.50. The fourth-order valence-corrected chi connectivity index (χ4v) is 10.4. The minimum atomic E-state index is -3.87. The number of rotatable bonds is 10. The molecule has 2 amide bonds. The van der Waals surface area contributed by atoms with Gasteiger partial charge in [0.15, 0.2) is 33.5 Å². The fraction of sp³-hybridized carbons (Fsp3) is 0.0625. The van der Waals surface area contributed by atoms with Gasteiger partial charge in [-0.3, -0.25) is 19.6 Å². The molecule has 9 aromatic rings. The van der Waals surface area contributed by atoms with E-state index < -0.39 is 31.4 Å². The number of ether oxygens (including phenoxy) is 1. The molecule has 330 valence electrons. The van der Waals surface area contributed by atoms with Crippen molar-refractivity contribution in [3.05, 3.63) is 186 Å². The maximum absolute atomic E-state index is 13.5. The molecule has 10 rings (SSSR count). The van der Waals surface area contributed by atoms with Gasteiger partial charge in [-0.1, -0.05) is 54.2 Å². The van der Waals surface area contributed by atoms with Gasteiger partial charge in [0.05, 0.1) is 37.7 Å². The molecule has 0 aliphatic carbocycles. The molecular formula is C48H34FN5O9S3. The van der Waals surface area contributed by atoms with Crippen LogP contribution in [0.25, 0.3) is 21.9 Å². The van der Waals surface area contributed by atoms with E-state index in [0.29, 0.717) is 28.2 Å². The SMILES string of the molecule is Cc1nc(S(=O)(=O)c2ccc(CNC(=O)c3cc4ccncc4o3)cc2)ccc1F.O=C(NCc1ccc(S(=O)(=O)c2cccc3c2Oc2ccccc2S3)cc1)c1cc2ccncc2o1. The molecule has 0 unspecified atom stereocenters. The minimum absolute atomic E-state index is 0.0109. The number of benzene rings is 4. The summed E-state index contributed by atoms with van der Waals surface area (Å²) >= 11 is 1.48. The summed E-state index contributed by atoms with van der Waals surface area (Å²) in [6.07, 6.45) is 6.32. The summed E-state index contributed by atoms with van der Waals surface area (Å²) in [4.78, 5) is 38.5. The summed E-state index contributed by atoms with van der Waals surface area (Å²) < 4.78 is 82.7. The van der Waals surface area contributed by atoms with Crippen molar-refractivity contribution in [2.75, 3.05) is 0 Å². The van der Waals surface area contributed by atoms with Crippen LogP contribution in [-0.2, 0) is 32.8 Å². The second kappa shape index (κ2) is 18.1. The topological polar surface area (TPSA) is 201 Å². The van der Waals surface area contributed by atoms with Gasteiger partial charge in [0, 0.05) is 36.3 Å². The predicted molar refractivity (Wildman–Crippen MR) is 240 cm³/mol. The number of furan rings is 2. The molecule has 66 heavy (non-hydrogen) atoms. The Labute approximate surface area is 380 Å².